The molecule has 0 saturated heterocycles. The maximum atomic E-state index is 5.80. The van der Waals surface area contributed by atoms with Gasteiger partial charge in [-0.1, -0.05) is 54.6 Å². The Balaban J connectivity index is 1.97. The summed E-state index contributed by atoms with van der Waals surface area (Å²) < 4.78 is 5.80. The molecule has 18 heavy (non-hydrogen) atoms. The van der Waals surface area contributed by atoms with Gasteiger partial charge in [-0.3, -0.25) is 0 Å². The molecule has 2 aliphatic rings. The largest absolute Gasteiger partial charge is 0.498 e. The molecule has 0 fully saturated rings. The second-order valence-electron chi connectivity index (χ2n) is 4.81. The first-order valence-electron chi connectivity index (χ1n) is 6.64. The summed E-state index contributed by atoms with van der Waals surface area (Å²) in [5.41, 5.74) is 1.40. The molecule has 92 valence electrons. The minimum Gasteiger partial charge on any atom is -0.498 e. The SMILES string of the molecule is CCOC1=CC=CC2C=CC1C2c1ccccc1. The molecule has 0 aliphatic heterocycles. The minimum atomic E-state index is 0.382. The molecule has 0 aromatic heterocycles. The second kappa shape index (κ2) is 4.85. The van der Waals surface area contributed by atoms with Gasteiger partial charge in [0.25, 0.3) is 0 Å². The van der Waals surface area contributed by atoms with E-state index in [1.165, 1.54) is 5.56 Å². The molecule has 2 bridgehead atoms. The Bertz CT molecular complexity index is 496. The van der Waals surface area contributed by atoms with Gasteiger partial charge in [0.05, 0.1) is 6.61 Å². The smallest absolute Gasteiger partial charge is 0.103 e. The highest BCUT2D eigenvalue weighted by molar-refractivity contribution is 5.37. The molecule has 0 N–H and O–H groups in total. The first kappa shape index (κ1) is 11.3. The summed E-state index contributed by atoms with van der Waals surface area (Å²) in [5, 5.41) is 0. The first-order chi connectivity index (χ1) is 8.90. The van der Waals surface area contributed by atoms with Crippen LogP contribution in [0, 0.1) is 11.8 Å². The lowest BCUT2D eigenvalue weighted by molar-refractivity contribution is 0.195. The molecule has 3 atom stereocenters. The quantitative estimate of drug-likeness (QED) is 0.721. The Labute approximate surface area is 108 Å². The lowest BCUT2D eigenvalue weighted by Gasteiger charge is -2.24. The van der Waals surface area contributed by atoms with Crippen LogP contribution in [0.15, 0.2) is 66.5 Å². The Morgan fingerprint density at radius 1 is 1.06 bits per heavy atom. The van der Waals surface area contributed by atoms with Gasteiger partial charge in [-0.2, -0.15) is 0 Å². The molecule has 0 amide bonds. The lowest BCUT2D eigenvalue weighted by atomic mass is 9.82. The molecule has 3 rings (SSSR count). The summed E-state index contributed by atoms with van der Waals surface area (Å²) in [6.45, 7) is 2.78. The zero-order valence-electron chi connectivity index (χ0n) is 10.6. The van der Waals surface area contributed by atoms with Crippen molar-refractivity contribution in [2.24, 2.45) is 11.8 Å². The third-order valence-electron chi connectivity index (χ3n) is 3.76. The fourth-order valence-corrected chi connectivity index (χ4v) is 2.99. The molecule has 1 heteroatoms. The molecule has 3 unspecified atom stereocenters. The van der Waals surface area contributed by atoms with E-state index in [0.29, 0.717) is 17.8 Å². The summed E-state index contributed by atoms with van der Waals surface area (Å²) in [7, 11) is 0. The maximum Gasteiger partial charge on any atom is 0.103 e. The zero-order chi connectivity index (χ0) is 12.4. The molecule has 1 aromatic rings. The zero-order valence-corrected chi connectivity index (χ0v) is 10.6. The van der Waals surface area contributed by atoms with Crippen LogP contribution in [0.25, 0.3) is 0 Å². The molecular formula is C17H18O. The number of benzene rings is 1. The lowest BCUT2D eigenvalue weighted by Crippen LogP contribution is -2.15. The van der Waals surface area contributed by atoms with Gasteiger partial charge in [-0.05, 0) is 18.6 Å². The van der Waals surface area contributed by atoms with Crippen LogP contribution in [0.4, 0.5) is 0 Å². The van der Waals surface area contributed by atoms with E-state index in [1.54, 1.807) is 0 Å². The first-order valence-corrected chi connectivity index (χ1v) is 6.64. The van der Waals surface area contributed by atoms with E-state index >= 15 is 0 Å². The predicted molar refractivity (Wildman–Crippen MR) is 74.2 cm³/mol. The van der Waals surface area contributed by atoms with Crippen molar-refractivity contribution in [3.63, 3.8) is 0 Å². The number of rotatable bonds is 3. The Kier molecular flexibility index (Phi) is 3.06. The average molecular weight is 238 g/mol. The van der Waals surface area contributed by atoms with Gasteiger partial charge in [0, 0.05) is 17.8 Å². The summed E-state index contributed by atoms with van der Waals surface area (Å²) in [4.78, 5) is 0. The van der Waals surface area contributed by atoms with Crippen molar-refractivity contribution in [3.8, 4) is 0 Å². The van der Waals surface area contributed by atoms with Crippen molar-refractivity contribution in [3.05, 3.63) is 72.0 Å². The van der Waals surface area contributed by atoms with Crippen LogP contribution in [0.1, 0.15) is 18.4 Å². The molecule has 1 nitrogen and oxygen atoms in total. The van der Waals surface area contributed by atoms with E-state index in [2.05, 4.69) is 60.7 Å². The van der Waals surface area contributed by atoms with E-state index in [1.807, 2.05) is 6.92 Å². The van der Waals surface area contributed by atoms with Gasteiger partial charge in [0.15, 0.2) is 0 Å². The van der Waals surface area contributed by atoms with Gasteiger partial charge in [0.1, 0.15) is 5.76 Å². The molecular weight excluding hydrogens is 220 g/mol. The topological polar surface area (TPSA) is 9.23 Å². The van der Waals surface area contributed by atoms with Gasteiger partial charge in [-0.15, -0.1) is 0 Å². The summed E-state index contributed by atoms with van der Waals surface area (Å²) in [5.74, 6) is 2.46. The number of hydrogen-bond donors (Lipinski definition) is 0. The number of fused-ring (bicyclic) bond motifs is 2. The van der Waals surface area contributed by atoms with E-state index < -0.39 is 0 Å². The fraction of sp³-hybridized carbons (Fsp3) is 0.294. The predicted octanol–water partition coefficient (Wildman–Crippen LogP) is 4.06. The third-order valence-corrected chi connectivity index (χ3v) is 3.76. The number of ether oxygens (including phenoxy) is 1. The van der Waals surface area contributed by atoms with Crippen molar-refractivity contribution in [2.75, 3.05) is 6.61 Å². The van der Waals surface area contributed by atoms with E-state index in [9.17, 15) is 0 Å². The van der Waals surface area contributed by atoms with Crippen molar-refractivity contribution < 1.29 is 4.74 Å². The van der Waals surface area contributed by atoms with Crippen molar-refractivity contribution >= 4 is 0 Å². The molecule has 1 aromatic carbocycles. The average Bonchev–Trinajstić information content (AvgIpc) is 2.73. The molecule has 2 aliphatic carbocycles. The highest BCUT2D eigenvalue weighted by Crippen LogP contribution is 2.45. The van der Waals surface area contributed by atoms with E-state index in [0.717, 1.165) is 12.4 Å². The van der Waals surface area contributed by atoms with Crippen LogP contribution in [0.3, 0.4) is 0 Å². The van der Waals surface area contributed by atoms with Crippen LogP contribution < -0.4 is 0 Å². The van der Waals surface area contributed by atoms with Crippen LogP contribution in [0.5, 0.6) is 0 Å². The number of allylic oxidation sites excluding steroid dienone is 5. The minimum absolute atomic E-state index is 0.382. The van der Waals surface area contributed by atoms with Gasteiger partial charge >= 0.3 is 0 Å². The van der Waals surface area contributed by atoms with Gasteiger partial charge in [0.2, 0.25) is 0 Å². The van der Waals surface area contributed by atoms with Crippen molar-refractivity contribution in [1.29, 1.82) is 0 Å². The second-order valence-corrected chi connectivity index (χ2v) is 4.81. The maximum absolute atomic E-state index is 5.80. The van der Waals surface area contributed by atoms with Gasteiger partial charge in [-0.25, -0.2) is 0 Å². The Hall–Kier alpha value is -1.76. The molecule has 0 spiro atoms. The molecule has 0 radical (unpaired) electrons. The third kappa shape index (κ3) is 1.90. The van der Waals surface area contributed by atoms with Crippen LogP contribution >= 0.6 is 0 Å². The van der Waals surface area contributed by atoms with Crippen molar-refractivity contribution in [2.45, 2.75) is 12.8 Å². The van der Waals surface area contributed by atoms with Crippen molar-refractivity contribution in [1.82, 2.24) is 0 Å². The van der Waals surface area contributed by atoms with E-state index in [4.69, 9.17) is 4.74 Å². The highest BCUT2D eigenvalue weighted by atomic mass is 16.5. The number of hydrogen-bond acceptors (Lipinski definition) is 1. The normalized spacial score (nSPS) is 28.9. The van der Waals surface area contributed by atoms with Crippen LogP contribution in [0.2, 0.25) is 0 Å². The Morgan fingerprint density at radius 3 is 2.67 bits per heavy atom. The monoisotopic (exact) mass is 238 g/mol. The standard InChI is InChI=1S/C17H18O/c1-2-18-16-10-6-9-14-11-12-15(16)17(14)13-7-4-3-5-8-13/h3-12,14-15,17H,2H2,1H3. The van der Waals surface area contributed by atoms with E-state index in [-0.39, 0.29) is 0 Å². The Morgan fingerprint density at radius 2 is 1.89 bits per heavy atom. The van der Waals surface area contributed by atoms with Crippen LogP contribution in [-0.4, -0.2) is 6.61 Å². The summed E-state index contributed by atoms with van der Waals surface area (Å²) >= 11 is 0. The van der Waals surface area contributed by atoms with Crippen LogP contribution in [-0.2, 0) is 4.74 Å². The summed E-state index contributed by atoms with van der Waals surface area (Å²) in [6.07, 6.45) is 11.1. The molecule has 0 saturated carbocycles. The fourth-order valence-electron chi connectivity index (χ4n) is 2.99. The van der Waals surface area contributed by atoms with Gasteiger partial charge < -0.3 is 4.74 Å². The highest BCUT2D eigenvalue weighted by Gasteiger charge is 2.35. The molecule has 0 heterocycles. The summed E-state index contributed by atoms with van der Waals surface area (Å²) in [6, 6.07) is 10.8.